The lowest BCUT2D eigenvalue weighted by Crippen LogP contribution is -2.10. The Balaban J connectivity index is 0.867. The molecule has 0 saturated carbocycles. The van der Waals surface area contributed by atoms with E-state index in [9.17, 15) is 9.59 Å². The fourth-order valence-corrected chi connectivity index (χ4v) is 9.02. The van der Waals surface area contributed by atoms with Gasteiger partial charge in [-0.25, -0.2) is 0 Å². The molecule has 0 saturated heterocycles. The van der Waals surface area contributed by atoms with Crippen LogP contribution in [0.3, 0.4) is 0 Å². The van der Waals surface area contributed by atoms with Crippen LogP contribution in [0.1, 0.15) is 24.0 Å². The van der Waals surface area contributed by atoms with Crippen LogP contribution in [0.15, 0.2) is 219 Å². The van der Waals surface area contributed by atoms with Crippen LogP contribution in [0.25, 0.3) is 55.2 Å². The Morgan fingerprint density at radius 3 is 1.09 bits per heavy atom. The predicted molar refractivity (Wildman–Crippen MR) is 283 cm³/mol. The number of benzene rings is 8. The van der Waals surface area contributed by atoms with E-state index in [-0.39, 0.29) is 11.9 Å². The van der Waals surface area contributed by atoms with E-state index in [1.165, 1.54) is 14.2 Å². The summed E-state index contributed by atoms with van der Waals surface area (Å²) in [7, 11) is 2.85. The van der Waals surface area contributed by atoms with Crippen LogP contribution in [-0.2, 0) is 31.9 Å². The van der Waals surface area contributed by atoms with Gasteiger partial charge in [0.25, 0.3) is 0 Å². The Morgan fingerprint density at radius 1 is 0.386 bits per heavy atom. The third kappa shape index (κ3) is 9.75. The molecule has 0 amide bonds. The van der Waals surface area contributed by atoms with Crippen LogP contribution in [0.5, 0.6) is 0 Å². The highest BCUT2D eigenvalue weighted by molar-refractivity contribution is 6.00. The second-order valence-electron chi connectivity index (χ2n) is 17.1. The minimum absolute atomic E-state index is 0.214. The molecule has 0 radical (unpaired) electrons. The monoisotopic (exact) mass is 914 g/mol. The number of aromatic nitrogens is 2. The quantitative estimate of drug-likeness (QED) is 0.0940. The van der Waals surface area contributed by atoms with E-state index in [0.29, 0.717) is 25.7 Å². The molecule has 342 valence electrons. The average Bonchev–Trinajstić information content (AvgIpc) is 3.43. The summed E-state index contributed by atoms with van der Waals surface area (Å²) in [6.45, 7) is 0. The van der Waals surface area contributed by atoms with E-state index in [2.05, 4.69) is 204 Å². The molecule has 0 unspecified atom stereocenters. The highest BCUT2D eigenvalue weighted by Crippen LogP contribution is 2.41. The number of carbonyl (C=O) groups excluding carboxylic acids is 2. The van der Waals surface area contributed by atoms with Crippen molar-refractivity contribution in [3.63, 3.8) is 0 Å². The number of esters is 2. The van der Waals surface area contributed by atoms with E-state index >= 15 is 0 Å². The van der Waals surface area contributed by atoms with Crippen LogP contribution in [-0.4, -0.2) is 36.1 Å². The molecule has 10 aromatic rings. The zero-order chi connectivity index (χ0) is 47.8. The van der Waals surface area contributed by atoms with Gasteiger partial charge >= 0.3 is 11.9 Å². The van der Waals surface area contributed by atoms with Crippen molar-refractivity contribution < 1.29 is 19.1 Å². The Labute approximate surface area is 408 Å². The maximum atomic E-state index is 11.8. The van der Waals surface area contributed by atoms with Crippen molar-refractivity contribution in [2.24, 2.45) is 0 Å². The largest absolute Gasteiger partial charge is 0.469 e. The standard InChI is InChI=1S/C62H50N4O4/c1-69-61(67)39-21-43-17-29-51(30-18-43)65(59-15-7-11-47-9-3-5-13-55(47)59)53-33-23-45(24-34-53)49-27-37-57(63-41-49)58-38-28-50(42-64-58)46-25-35-54(36-26-46)66(60-16-8-12-48-10-4-6-14-56(48)60)52-31-19-44(20-32-52)22-40-62(68)70-2/h3-20,23-38,41-42H,21-22,39-40H2,1-2H3. The summed E-state index contributed by atoms with van der Waals surface area (Å²) in [6, 6.07) is 71.8. The van der Waals surface area contributed by atoms with Crippen LogP contribution in [0, 0.1) is 0 Å². The number of nitrogens with zero attached hydrogens (tertiary/aromatic N) is 4. The first-order chi connectivity index (χ1) is 34.4. The topological polar surface area (TPSA) is 84.9 Å². The molecule has 0 aliphatic rings. The van der Waals surface area contributed by atoms with Gasteiger partial charge in [0.1, 0.15) is 0 Å². The molecule has 0 aliphatic carbocycles. The van der Waals surface area contributed by atoms with Crippen LogP contribution < -0.4 is 9.80 Å². The zero-order valence-corrected chi connectivity index (χ0v) is 39.0. The Kier molecular flexibility index (Phi) is 13.2. The average molecular weight is 915 g/mol. The van der Waals surface area contributed by atoms with Crippen molar-refractivity contribution in [2.45, 2.75) is 25.7 Å². The molecule has 0 fully saturated rings. The summed E-state index contributed by atoms with van der Waals surface area (Å²) in [6.07, 6.45) is 5.74. The van der Waals surface area contributed by atoms with Gasteiger partial charge in [-0.15, -0.1) is 0 Å². The van der Waals surface area contributed by atoms with Crippen molar-refractivity contribution >= 4 is 67.6 Å². The predicted octanol–water partition coefficient (Wildman–Crippen LogP) is 14.9. The number of hydrogen-bond donors (Lipinski definition) is 0. The van der Waals surface area contributed by atoms with Gasteiger partial charge in [0.2, 0.25) is 0 Å². The first-order valence-electron chi connectivity index (χ1n) is 23.4. The highest BCUT2D eigenvalue weighted by atomic mass is 16.5. The van der Waals surface area contributed by atoms with Crippen molar-refractivity contribution in [3.8, 4) is 33.6 Å². The molecule has 0 atom stereocenters. The second-order valence-corrected chi connectivity index (χ2v) is 17.1. The molecule has 0 aliphatic heterocycles. The number of fused-ring (bicyclic) bond motifs is 2. The van der Waals surface area contributed by atoms with Gasteiger partial charge in [-0.2, -0.15) is 0 Å². The number of rotatable bonds is 15. The van der Waals surface area contributed by atoms with E-state index in [0.717, 1.165) is 100 Å². The lowest BCUT2D eigenvalue weighted by atomic mass is 10.0. The fraction of sp³-hybridized carbons (Fsp3) is 0.0968. The molecule has 70 heavy (non-hydrogen) atoms. The fourth-order valence-electron chi connectivity index (χ4n) is 9.02. The van der Waals surface area contributed by atoms with Gasteiger partial charge in [-0.05, 0) is 119 Å². The summed E-state index contributed by atoms with van der Waals surface area (Å²) in [4.78, 5) is 37.9. The highest BCUT2D eigenvalue weighted by Gasteiger charge is 2.18. The lowest BCUT2D eigenvalue weighted by molar-refractivity contribution is -0.141. The van der Waals surface area contributed by atoms with Crippen molar-refractivity contribution in [3.05, 3.63) is 230 Å². The minimum Gasteiger partial charge on any atom is -0.469 e. The molecule has 8 aromatic carbocycles. The van der Waals surface area contributed by atoms with Gasteiger partial charge in [0.05, 0.1) is 37.0 Å². The van der Waals surface area contributed by atoms with Crippen LogP contribution in [0.4, 0.5) is 34.1 Å². The molecule has 0 N–H and O–H groups in total. The molecule has 2 heterocycles. The summed E-state index contributed by atoms with van der Waals surface area (Å²) in [5.41, 5.74) is 14.1. The third-order valence-electron chi connectivity index (χ3n) is 12.8. The Hall–Kier alpha value is -8.88. The van der Waals surface area contributed by atoms with E-state index in [4.69, 9.17) is 19.4 Å². The van der Waals surface area contributed by atoms with E-state index in [1.54, 1.807) is 0 Å². The number of hydrogen-bond acceptors (Lipinski definition) is 8. The molecule has 0 bridgehead atoms. The first kappa shape index (κ1) is 44.9. The number of pyridine rings is 2. The smallest absolute Gasteiger partial charge is 0.305 e. The summed E-state index contributed by atoms with van der Waals surface area (Å²) in [5, 5.41) is 4.63. The maximum Gasteiger partial charge on any atom is 0.305 e. The number of methoxy groups -OCH3 is 2. The minimum atomic E-state index is -0.214. The SMILES string of the molecule is COC(=O)CCc1ccc(N(c2ccc(-c3ccc(-c4ccc(-c5ccc(N(c6ccc(CCC(=O)OC)cc6)c6cccc7ccccc67)cc5)cn4)nc3)cc2)c2cccc3ccccc23)cc1. The molecule has 2 aromatic heterocycles. The molecule has 10 rings (SSSR count). The van der Waals surface area contributed by atoms with Gasteiger partial charge in [-0.3, -0.25) is 19.6 Å². The molecule has 8 nitrogen and oxygen atoms in total. The van der Waals surface area contributed by atoms with Gasteiger partial charge in [0.15, 0.2) is 0 Å². The van der Waals surface area contributed by atoms with E-state index < -0.39 is 0 Å². The van der Waals surface area contributed by atoms with Gasteiger partial charge in [-0.1, -0.05) is 133 Å². The van der Waals surface area contributed by atoms with Crippen LogP contribution >= 0.6 is 0 Å². The number of ether oxygens (including phenoxy) is 2. The number of anilines is 6. The molecule has 0 spiro atoms. The maximum absolute atomic E-state index is 11.8. The Bertz CT molecular complexity index is 3170. The normalized spacial score (nSPS) is 11.1. The number of aryl methyl sites for hydroxylation is 2. The molecular formula is C62H50N4O4. The van der Waals surface area contributed by atoms with Crippen LogP contribution in [0.2, 0.25) is 0 Å². The summed E-state index contributed by atoms with van der Waals surface area (Å²) in [5.74, 6) is -0.429. The Morgan fingerprint density at radius 2 is 0.729 bits per heavy atom. The molecule has 8 heteroatoms. The lowest BCUT2D eigenvalue weighted by Gasteiger charge is -2.27. The number of carbonyl (C=O) groups is 2. The van der Waals surface area contributed by atoms with Gasteiger partial charge < -0.3 is 19.3 Å². The van der Waals surface area contributed by atoms with Crippen molar-refractivity contribution in [1.82, 2.24) is 9.97 Å². The summed E-state index contributed by atoms with van der Waals surface area (Å²) >= 11 is 0. The zero-order valence-electron chi connectivity index (χ0n) is 39.0. The van der Waals surface area contributed by atoms with Crippen molar-refractivity contribution in [1.29, 1.82) is 0 Å². The molecular weight excluding hydrogens is 865 g/mol. The van der Waals surface area contributed by atoms with Crippen molar-refractivity contribution in [2.75, 3.05) is 24.0 Å². The van der Waals surface area contributed by atoms with Gasteiger partial charge in [0, 0.05) is 69.9 Å². The second kappa shape index (κ2) is 20.6. The first-order valence-corrected chi connectivity index (χ1v) is 23.4. The van der Waals surface area contributed by atoms with E-state index in [1.807, 2.05) is 24.5 Å². The third-order valence-corrected chi connectivity index (χ3v) is 12.8. The summed E-state index contributed by atoms with van der Waals surface area (Å²) < 4.78 is 9.72.